The van der Waals surface area contributed by atoms with Gasteiger partial charge in [-0.05, 0) is 43.5 Å². The van der Waals surface area contributed by atoms with Crippen molar-refractivity contribution in [3.05, 3.63) is 45.9 Å². The molecular formula is C22H26N4O3S. The zero-order chi connectivity index (χ0) is 20.7. The normalized spacial score (nSPS) is 20.2. The maximum absolute atomic E-state index is 13.0. The summed E-state index contributed by atoms with van der Waals surface area (Å²) in [7, 11) is 1.66. The number of hydrogen-bond donors (Lipinski definition) is 0. The van der Waals surface area contributed by atoms with Crippen LogP contribution in [-0.4, -0.2) is 59.4 Å². The number of anilines is 1. The van der Waals surface area contributed by atoms with Gasteiger partial charge in [0, 0.05) is 49.6 Å². The van der Waals surface area contributed by atoms with E-state index < -0.39 is 0 Å². The van der Waals surface area contributed by atoms with Crippen LogP contribution in [0, 0.1) is 0 Å². The number of aromatic nitrogens is 2. The Bertz CT molecular complexity index is 1010. The van der Waals surface area contributed by atoms with Crippen LogP contribution < -0.4 is 15.2 Å². The van der Waals surface area contributed by atoms with E-state index in [-0.39, 0.29) is 17.5 Å². The number of amides is 1. The molecule has 3 aliphatic rings. The number of piperazine rings is 1. The van der Waals surface area contributed by atoms with Crippen molar-refractivity contribution in [2.45, 2.75) is 36.9 Å². The number of ether oxygens (including phenoxy) is 1. The molecule has 0 radical (unpaired) electrons. The van der Waals surface area contributed by atoms with Gasteiger partial charge in [-0.1, -0.05) is 11.8 Å². The van der Waals surface area contributed by atoms with Gasteiger partial charge < -0.3 is 14.5 Å². The predicted octanol–water partition coefficient (Wildman–Crippen LogP) is 2.13. The van der Waals surface area contributed by atoms with Gasteiger partial charge in [-0.25, -0.2) is 4.98 Å². The molecule has 1 fully saturated rings. The van der Waals surface area contributed by atoms with Gasteiger partial charge in [-0.15, -0.1) is 0 Å². The molecule has 1 amide bonds. The SMILES string of the molecule is COc1ccc(N2CCN(C(=O)C[C@@H]3CSc4nc5c(c(=O)n43)CCC5)CC2)cc1. The summed E-state index contributed by atoms with van der Waals surface area (Å²) in [5.74, 6) is 1.73. The number of benzene rings is 1. The highest BCUT2D eigenvalue weighted by Gasteiger charge is 2.32. The lowest BCUT2D eigenvalue weighted by atomic mass is 10.1. The second-order valence-electron chi connectivity index (χ2n) is 8.08. The van der Waals surface area contributed by atoms with Gasteiger partial charge in [-0.2, -0.15) is 0 Å². The van der Waals surface area contributed by atoms with Crippen molar-refractivity contribution < 1.29 is 9.53 Å². The second-order valence-corrected chi connectivity index (χ2v) is 9.07. The first-order chi connectivity index (χ1) is 14.6. The summed E-state index contributed by atoms with van der Waals surface area (Å²) in [6, 6.07) is 7.96. The maximum Gasteiger partial charge on any atom is 0.257 e. The quantitative estimate of drug-likeness (QED) is 0.698. The van der Waals surface area contributed by atoms with Gasteiger partial charge in [0.05, 0.1) is 18.8 Å². The zero-order valence-electron chi connectivity index (χ0n) is 17.2. The fraction of sp³-hybridized carbons (Fsp3) is 0.500. The Kier molecular flexibility index (Phi) is 5.18. The molecule has 158 valence electrons. The van der Waals surface area contributed by atoms with E-state index in [1.54, 1.807) is 23.4 Å². The summed E-state index contributed by atoms with van der Waals surface area (Å²) >= 11 is 1.61. The summed E-state index contributed by atoms with van der Waals surface area (Å²) in [4.78, 5) is 34.9. The molecule has 2 aromatic rings. The number of methoxy groups -OCH3 is 1. The molecule has 2 aliphatic heterocycles. The summed E-state index contributed by atoms with van der Waals surface area (Å²) in [6.45, 7) is 3.02. The molecule has 1 saturated heterocycles. The molecule has 0 N–H and O–H groups in total. The predicted molar refractivity (Wildman–Crippen MR) is 117 cm³/mol. The summed E-state index contributed by atoms with van der Waals surface area (Å²) in [5, 5.41) is 0.794. The molecule has 30 heavy (non-hydrogen) atoms. The van der Waals surface area contributed by atoms with E-state index >= 15 is 0 Å². The van der Waals surface area contributed by atoms with Crippen LogP contribution in [0.15, 0.2) is 34.2 Å². The first-order valence-corrected chi connectivity index (χ1v) is 11.6. The van der Waals surface area contributed by atoms with E-state index in [1.165, 1.54) is 0 Å². The molecule has 3 heterocycles. The molecule has 1 aromatic heterocycles. The zero-order valence-corrected chi connectivity index (χ0v) is 18.0. The van der Waals surface area contributed by atoms with Gasteiger partial charge in [0.2, 0.25) is 5.91 Å². The Morgan fingerprint density at radius 2 is 1.93 bits per heavy atom. The molecule has 7 nitrogen and oxygen atoms in total. The Balaban J connectivity index is 1.22. The monoisotopic (exact) mass is 426 g/mol. The van der Waals surface area contributed by atoms with Gasteiger partial charge in [0.25, 0.3) is 5.56 Å². The summed E-state index contributed by atoms with van der Waals surface area (Å²) in [6.07, 6.45) is 3.11. The largest absolute Gasteiger partial charge is 0.497 e. The van der Waals surface area contributed by atoms with Crippen LogP contribution in [0.2, 0.25) is 0 Å². The standard InChI is InChI=1S/C22H26N4O3S/c1-29-17-7-5-15(6-8-17)24-9-11-25(12-10-24)20(27)13-16-14-30-22-23-19-4-2-3-18(19)21(28)26(16)22/h5-8,16H,2-4,9-14H2,1H3/t16-/m1/s1. The lowest BCUT2D eigenvalue weighted by Crippen LogP contribution is -2.49. The van der Waals surface area contributed by atoms with Crippen molar-refractivity contribution in [1.29, 1.82) is 0 Å². The number of aryl methyl sites for hydroxylation is 1. The van der Waals surface area contributed by atoms with Crippen molar-refractivity contribution in [3.8, 4) is 5.75 Å². The van der Waals surface area contributed by atoms with Gasteiger partial charge in [0.15, 0.2) is 5.16 Å². The maximum atomic E-state index is 13.0. The minimum atomic E-state index is -0.0805. The van der Waals surface area contributed by atoms with E-state index in [0.717, 1.165) is 66.0 Å². The van der Waals surface area contributed by atoms with Gasteiger partial charge in [0.1, 0.15) is 5.75 Å². The summed E-state index contributed by atoms with van der Waals surface area (Å²) in [5.41, 5.74) is 3.07. The molecule has 8 heteroatoms. The third-order valence-corrected chi connectivity index (χ3v) is 7.45. The lowest BCUT2D eigenvalue weighted by Gasteiger charge is -2.36. The van der Waals surface area contributed by atoms with E-state index in [0.29, 0.717) is 19.5 Å². The number of carbonyl (C=O) groups is 1. The van der Waals surface area contributed by atoms with E-state index in [1.807, 2.05) is 17.0 Å². The van der Waals surface area contributed by atoms with Crippen LogP contribution in [-0.2, 0) is 17.6 Å². The Morgan fingerprint density at radius 1 is 1.17 bits per heavy atom. The fourth-order valence-corrected chi connectivity index (χ4v) is 5.79. The van der Waals surface area contributed by atoms with Crippen LogP contribution >= 0.6 is 11.8 Å². The smallest absolute Gasteiger partial charge is 0.257 e. The number of thioether (sulfide) groups is 1. The Morgan fingerprint density at radius 3 is 2.67 bits per heavy atom. The minimum absolute atomic E-state index is 0.0805. The van der Waals surface area contributed by atoms with Crippen molar-refractivity contribution >= 4 is 23.4 Å². The fourth-order valence-electron chi connectivity index (χ4n) is 4.64. The van der Waals surface area contributed by atoms with Crippen LogP contribution in [0.1, 0.15) is 30.1 Å². The third-order valence-electron chi connectivity index (χ3n) is 6.35. The van der Waals surface area contributed by atoms with Crippen LogP contribution in [0.4, 0.5) is 5.69 Å². The topological polar surface area (TPSA) is 67.7 Å². The molecule has 1 aromatic carbocycles. The van der Waals surface area contributed by atoms with Gasteiger partial charge >= 0.3 is 0 Å². The molecule has 1 aliphatic carbocycles. The molecule has 5 rings (SSSR count). The average Bonchev–Trinajstić information content (AvgIpc) is 3.42. The van der Waals surface area contributed by atoms with E-state index in [9.17, 15) is 9.59 Å². The van der Waals surface area contributed by atoms with Crippen LogP contribution in [0.5, 0.6) is 5.75 Å². The average molecular weight is 427 g/mol. The Labute approximate surface area is 180 Å². The molecule has 0 unspecified atom stereocenters. The summed E-state index contributed by atoms with van der Waals surface area (Å²) < 4.78 is 7.02. The first-order valence-electron chi connectivity index (χ1n) is 10.6. The van der Waals surface area contributed by atoms with Crippen molar-refractivity contribution in [2.75, 3.05) is 43.9 Å². The van der Waals surface area contributed by atoms with Crippen LogP contribution in [0.3, 0.4) is 0 Å². The number of nitrogens with zero attached hydrogens (tertiary/aromatic N) is 4. The molecule has 0 bridgehead atoms. The number of hydrogen-bond acceptors (Lipinski definition) is 6. The number of carbonyl (C=O) groups excluding carboxylic acids is 1. The molecule has 0 saturated carbocycles. The van der Waals surface area contributed by atoms with Gasteiger partial charge in [-0.3, -0.25) is 14.2 Å². The lowest BCUT2D eigenvalue weighted by molar-refractivity contribution is -0.132. The second kappa shape index (κ2) is 7.98. The van der Waals surface area contributed by atoms with Crippen molar-refractivity contribution in [2.24, 2.45) is 0 Å². The minimum Gasteiger partial charge on any atom is -0.497 e. The third kappa shape index (κ3) is 3.47. The highest BCUT2D eigenvalue weighted by Crippen LogP contribution is 2.34. The van der Waals surface area contributed by atoms with E-state index in [4.69, 9.17) is 9.72 Å². The Hall–Kier alpha value is -2.48. The van der Waals surface area contributed by atoms with Crippen molar-refractivity contribution in [3.63, 3.8) is 0 Å². The molecule has 1 atom stereocenters. The molecular weight excluding hydrogens is 400 g/mol. The van der Waals surface area contributed by atoms with Crippen molar-refractivity contribution in [1.82, 2.24) is 14.5 Å². The molecule has 0 spiro atoms. The van der Waals surface area contributed by atoms with E-state index in [2.05, 4.69) is 17.0 Å². The number of fused-ring (bicyclic) bond motifs is 2. The van der Waals surface area contributed by atoms with Crippen LogP contribution in [0.25, 0.3) is 0 Å². The first kappa shape index (κ1) is 19.5. The number of rotatable bonds is 4. The highest BCUT2D eigenvalue weighted by molar-refractivity contribution is 7.99. The highest BCUT2D eigenvalue weighted by atomic mass is 32.2.